The van der Waals surface area contributed by atoms with E-state index in [1.54, 1.807) is 18.3 Å². The summed E-state index contributed by atoms with van der Waals surface area (Å²) in [7, 11) is 0. The van der Waals surface area contributed by atoms with Crippen LogP contribution in [-0.2, 0) is 0 Å². The van der Waals surface area contributed by atoms with Gasteiger partial charge in [0.25, 0.3) is 0 Å². The highest BCUT2D eigenvalue weighted by molar-refractivity contribution is 7.99. The maximum atomic E-state index is 8.76. The zero-order valence-corrected chi connectivity index (χ0v) is 12.2. The van der Waals surface area contributed by atoms with Crippen LogP contribution in [0.5, 0.6) is 0 Å². The van der Waals surface area contributed by atoms with Crippen molar-refractivity contribution in [3.05, 3.63) is 59.2 Å². The van der Waals surface area contributed by atoms with Crippen LogP contribution < -0.4 is 5.73 Å². The molecule has 0 saturated carbocycles. The number of amidine groups is 1. The molecule has 0 spiro atoms. The summed E-state index contributed by atoms with van der Waals surface area (Å²) in [6.45, 7) is 0. The molecule has 104 valence electrons. The summed E-state index contributed by atoms with van der Waals surface area (Å²) in [5.74, 6) is 0.179. The Balaban J connectivity index is 2.26. The molecule has 1 heterocycles. The minimum atomic E-state index is -0.0144. The number of hydrogen-bond acceptors (Lipinski definition) is 4. The van der Waals surface area contributed by atoms with E-state index in [2.05, 4.69) is 10.1 Å². The number of nitrogens with zero attached hydrogens (tertiary/aromatic N) is 2. The van der Waals surface area contributed by atoms with Crippen LogP contribution in [0.2, 0.25) is 5.02 Å². The highest BCUT2D eigenvalue weighted by atomic mass is 35.5. The van der Waals surface area contributed by atoms with Crippen LogP contribution in [0.3, 0.4) is 0 Å². The van der Waals surface area contributed by atoms with Gasteiger partial charge in [-0.15, -0.1) is 0 Å². The third-order valence-corrected chi connectivity index (χ3v) is 4.36. The lowest BCUT2D eigenvalue weighted by Crippen LogP contribution is -2.14. The van der Waals surface area contributed by atoms with Crippen molar-refractivity contribution in [3.63, 3.8) is 0 Å². The van der Waals surface area contributed by atoms with Crippen LogP contribution in [0, 0.1) is 0 Å². The van der Waals surface area contributed by atoms with E-state index in [1.807, 2.05) is 30.3 Å². The summed E-state index contributed by atoms with van der Waals surface area (Å²) >= 11 is 7.63. The minimum absolute atomic E-state index is 0.0144. The standard InChI is InChI=1S/C14H14ClN3OS/c15-11-7-4-8-17-14(11)20-12(9-13(16)18-19)10-5-2-1-3-6-10/h1-8,12,19H,9H2,(H2,16,18). The number of hydrogen-bond donors (Lipinski definition) is 2. The number of halogens is 1. The molecule has 1 unspecified atom stereocenters. The van der Waals surface area contributed by atoms with Crippen molar-refractivity contribution in [2.24, 2.45) is 10.9 Å². The summed E-state index contributed by atoms with van der Waals surface area (Å²) in [6.07, 6.45) is 2.11. The lowest BCUT2D eigenvalue weighted by molar-refractivity contribution is 0.317. The molecular formula is C14H14ClN3OS. The second-order valence-corrected chi connectivity index (χ2v) is 5.70. The average molecular weight is 308 g/mol. The number of oxime groups is 1. The fourth-order valence-electron chi connectivity index (χ4n) is 1.72. The van der Waals surface area contributed by atoms with E-state index < -0.39 is 0 Å². The molecule has 0 radical (unpaired) electrons. The van der Waals surface area contributed by atoms with Gasteiger partial charge < -0.3 is 10.9 Å². The normalized spacial score (nSPS) is 13.2. The monoisotopic (exact) mass is 307 g/mol. The first kappa shape index (κ1) is 14.7. The Morgan fingerprint density at radius 1 is 1.30 bits per heavy atom. The zero-order chi connectivity index (χ0) is 14.4. The maximum absolute atomic E-state index is 8.76. The SMILES string of the molecule is NC(CC(Sc1ncccc1Cl)c1ccccc1)=NO. The first-order valence-corrected chi connectivity index (χ1v) is 7.25. The molecule has 4 nitrogen and oxygen atoms in total. The number of pyridine rings is 1. The smallest absolute Gasteiger partial charge is 0.140 e. The fraction of sp³-hybridized carbons (Fsp3) is 0.143. The van der Waals surface area contributed by atoms with Crippen LogP contribution in [0.15, 0.2) is 58.8 Å². The van der Waals surface area contributed by atoms with Crippen LogP contribution in [0.25, 0.3) is 0 Å². The molecule has 1 atom stereocenters. The third-order valence-electron chi connectivity index (χ3n) is 2.67. The molecule has 0 saturated heterocycles. The van der Waals surface area contributed by atoms with Gasteiger partial charge in [-0.2, -0.15) is 0 Å². The number of nitrogens with two attached hydrogens (primary N) is 1. The van der Waals surface area contributed by atoms with Gasteiger partial charge in [0.2, 0.25) is 0 Å². The van der Waals surface area contributed by atoms with Crippen molar-refractivity contribution in [2.45, 2.75) is 16.7 Å². The van der Waals surface area contributed by atoms with Gasteiger partial charge >= 0.3 is 0 Å². The first-order chi connectivity index (χ1) is 9.70. The highest BCUT2D eigenvalue weighted by Gasteiger charge is 2.17. The van der Waals surface area contributed by atoms with Gasteiger partial charge in [-0.1, -0.05) is 58.9 Å². The molecule has 0 amide bonds. The van der Waals surface area contributed by atoms with Crippen molar-refractivity contribution < 1.29 is 5.21 Å². The predicted octanol–water partition coefficient (Wildman–Crippen LogP) is 3.70. The number of rotatable bonds is 5. The molecule has 2 rings (SSSR count). The molecule has 0 fully saturated rings. The van der Waals surface area contributed by atoms with Crippen LogP contribution >= 0.6 is 23.4 Å². The second kappa shape index (κ2) is 7.17. The lowest BCUT2D eigenvalue weighted by Gasteiger charge is -2.16. The largest absolute Gasteiger partial charge is 0.409 e. The number of benzene rings is 1. The molecule has 2 aromatic rings. The quantitative estimate of drug-likeness (QED) is 0.290. The summed E-state index contributed by atoms with van der Waals surface area (Å²) in [4.78, 5) is 4.26. The molecule has 0 aliphatic rings. The number of thioether (sulfide) groups is 1. The summed E-state index contributed by atoms with van der Waals surface area (Å²) in [5, 5.41) is 13.1. The van der Waals surface area contributed by atoms with E-state index in [-0.39, 0.29) is 11.1 Å². The van der Waals surface area contributed by atoms with Crippen molar-refractivity contribution in [1.29, 1.82) is 0 Å². The molecular weight excluding hydrogens is 294 g/mol. The molecule has 1 aromatic heterocycles. The average Bonchev–Trinajstić information content (AvgIpc) is 2.49. The Morgan fingerprint density at radius 3 is 2.70 bits per heavy atom. The summed E-state index contributed by atoms with van der Waals surface area (Å²) in [6, 6.07) is 13.4. The fourth-order valence-corrected chi connectivity index (χ4v) is 3.09. The summed E-state index contributed by atoms with van der Waals surface area (Å²) in [5.41, 5.74) is 6.71. The van der Waals surface area contributed by atoms with E-state index in [0.717, 1.165) is 10.6 Å². The number of aromatic nitrogens is 1. The Hall–Kier alpha value is -1.72. The van der Waals surface area contributed by atoms with E-state index in [0.29, 0.717) is 11.4 Å². The molecule has 0 bridgehead atoms. The molecule has 1 aromatic carbocycles. The van der Waals surface area contributed by atoms with Crippen molar-refractivity contribution in [2.75, 3.05) is 0 Å². The molecule has 6 heteroatoms. The zero-order valence-electron chi connectivity index (χ0n) is 10.6. The van der Waals surface area contributed by atoms with Gasteiger partial charge in [0.15, 0.2) is 0 Å². The summed E-state index contributed by atoms with van der Waals surface area (Å²) < 4.78 is 0. The first-order valence-electron chi connectivity index (χ1n) is 5.99. The van der Waals surface area contributed by atoms with Gasteiger partial charge in [0.05, 0.1) is 5.02 Å². The Morgan fingerprint density at radius 2 is 2.05 bits per heavy atom. The minimum Gasteiger partial charge on any atom is -0.409 e. The van der Waals surface area contributed by atoms with Gasteiger partial charge in [-0.3, -0.25) is 0 Å². The second-order valence-electron chi connectivity index (χ2n) is 4.10. The molecule has 3 N–H and O–H groups in total. The Bertz CT molecular complexity index is 592. The predicted molar refractivity (Wildman–Crippen MR) is 82.3 cm³/mol. The van der Waals surface area contributed by atoms with Crippen molar-refractivity contribution in [3.8, 4) is 0 Å². The van der Waals surface area contributed by atoms with Crippen molar-refractivity contribution in [1.82, 2.24) is 4.98 Å². The Labute approximate surface area is 126 Å². The molecule has 0 aliphatic heterocycles. The van der Waals surface area contributed by atoms with Gasteiger partial charge in [-0.25, -0.2) is 4.98 Å². The van der Waals surface area contributed by atoms with E-state index in [4.69, 9.17) is 22.5 Å². The highest BCUT2D eigenvalue weighted by Crippen LogP contribution is 2.39. The van der Waals surface area contributed by atoms with E-state index >= 15 is 0 Å². The van der Waals surface area contributed by atoms with Gasteiger partial charge in [0, 0.05) is 17.9 Å². The molecule has 0 aliphatic carbocycles. The topological polar surface area (TPSA) is 71.5 Å². The van der Waals surface area contributed by atoms with Crippen LogP contribution in [0.1, 0.15) is 17.2 Å². The van der Waals surface area contributed by atoms with E-state index in [9.17, 15) is 0 Å². The molecule has 20 heavy (non-hydrogen) atoms. The van der Waals surface area contributed by atoms with Gasteiger partial charge in [-0.05, 0) is 17.7 Å². The van der Waals surface area contributed by atoms with Crippen molar-refractivity contribution >= 4 is 29.2 Å². The van der Waals surface area contributed by atoms with Crippen LogP contribution in [-0.4, -0.2) is 16.0 Å². The lowest BCUT2D eigenvalue weighted by atomic mass is 10.1. The maximum Gasteiger partial charge on any atom is 0.140 e. The van der Waals surface area contributed by atoms with Gasteiger partial charge in [0.1, 0.15) is 10.9 Å². The third kappa shape index (κ3) is 3.88. The Kier molecular flexibility index (Phi) is 5.26. The van der Waals surface area contributed by atoms with E-state index in [1.165, 1.54) is 11.8 Å². The van der Waals surface area contributed by atoms with Crippen LogP contribution in [0.4, 0.5) is 0 Å².